The maximum Gasteiger partial charge on any atom is 0.291 e. The van der Waals surface area contributed by atoms with Crippen molar-refractivity contribution in [3.63, 3.8) is 0 Å². The highest BCUT2D eigenvalue weighted by molar-refractivity contribution is 6.03. The van der Waals surface area contributed by atoms with Crippen LogP contribution in [0.25, 0.3) is 11.0 Å². The minimum absolute atomic E-state index is 0.00569. The molecule has 0 bridgehead atoms. The lowest BCUT2D eigenvalue weighted by Gasteiger charge is -2.05. The van der Waals surface area contributed by atoms with Gasteiger partial charge in [0, 0.05) is 0 Å². The first-order valence-corrected chi connectivity index (χ1v) is 5.85. The number of imidazole rings is 1. The highest BCUT2D eigenvalue weighted by Crippen LogP contribution is 2.19. The topological polar surface area (TPSA) is 57.8 Å². The second kappa shape index (κ2) is 4.73. The van der Waals surface area contributed by atoms with Crippen LogP contribution in [0.15, 0.2) is 42.5 Å². The van der Waals surface area contributed by atoms with E-state index in [-0.39, 0.29) is 5.82 Å². The van der Waals surface area contributed by atoms with E-state index in [1.165, 1.54) is 6.07 Å². The lowest BCUT2D eigenvalue weighted by molar-refractivity contribution is 0.101. The summed E-state index contributed by atoms with van der Waals surface area (Å²) in [6.07, 6.45) is 0. The Morgan fingerprint density at radius 2 is 1.75 bits per heavy atom. The number of aromatic nitrogens is 2. The molecule has 100 valence electrons. The second-order valence-electron chi connectivity index (χ2n) is 4.15. The van der Waals surface area contributed by atoms with E-state index in [0.717, 1.165) is 12.1 Å². The average Bonchev–Trinajstić information content (AvgIpc) is 2.87. The van der Waals surface area contributed by atoms with Crippen LogP contribution in [0.2, 0.25) is 0 Å². The smallest absolute Gasteiger partial charge is 0.291 e. The molecule has 0 aliphatic carbocycles. The Bertz CT molecular complexity index is 745. The zero-order chi connectivity index (χ0) is 14.1. The number of para-hydroxylation sites is 3. The molecule has 2 aromatic carbocycles. The molecule has 6 heteroatoms. The molecule has 0 saturated carbocycles. The molecule has 3 rings (SSSR count). The van der Waals surface area contributed by atoms with Crippen molar-refractivity contribution in [1.82, 2.24) is 9.97 Å². The summed E-state index contributed by atoms with van der Waals surface area (Å²) < 4.78 is 26.9. The molecule has 0 atom stereocenters. The fourth-order valence-corrected chi connectivity index (χ4v) is 1.85. The lowest BCUT2D eigenvalue weighted by Crippen LogP contribution is -2.15. The van der Waals surface area contributed by atoms with Gasteiger partial charge in [0.2, 0.25) is 0 Å². The van der Waals surface area contributed by atoms with Gasteiger partial charge in [-0.3, -0.25) is 4.79 Å². The number of aromatic amines is 1. The van der Waals surface area contributed by atoms with Crippen LogP contribution in [0.5, 0.6) is 0 Å². The van der Waals surface area contributed by atoms with Crippen LogP contribution >= 0.6 is 0 Å². The Hall–Kier alpha value is -2.76. The molecule has 0 fully saturated rings. The predicted octanol–water partition coefficient (Wildman–Crippen LogP) is 3.09. The maximum absolute atomic E-state index is 13.4. The van der Waals surface area contributed by atoms with Crippen LogP contribution in [0, 0.1) is 11.6 Å². The Balaban J connectivity index is 1.93. The van der Waals surface area contributed by atoms with Gasteiger partial charge in [-0.05, 0) is 24.3 Å². The van der Waals surface area contributed by atoms with Gasteiger partial charge in [-0.2, -0.15) is 0 Å². The third-order valence-electron chi connectivity index (χ3n) is 2.81. The number of fused-ring (bicyclic) bond motifs is 1. The summed E-state index contributed by atoms with van der Waals surface area (Å²) in [6, 6.07) is 10.4. The van der Waals surface area contributed by atoms with Gasteiger partial charge in [0.1, 0.15) is 17.3 Å². The molecule has 2 N–H and O–H groups in total. The zero-order valence-corrected chi connectivity index (χ0v) is 10.2. The van der Waals surface area contributed by atoms with Gasteiger partial charge in [-0.15, -0.1) is 0 Å². The third kappa shape index (κ3) is 2.11. The molecule has 0 spiro atoms. The molecule has 0 aliphatic rings. The van der Waals surface area contributed by atoms with E-state index in [4.69, 9.17) is 0 Å². The molecule has 0 aliphatic heterocycles. The summed E-state index contributed by atoms with van der Waals surface area (Å²) in [6.45, 7) is 0. The summed E-state index contributed by atoms with van der Waals surface area (Å²) in [4.78, 5) is 18.8. The summed E-state index contributed by atoms with van der Waals surface area (Å²) in [5.74, 6) is -2.39. The fourth-order valence-electron chi connectivity index (χ4n) is 1.85. The minimum Gasteiger partial charge on any atom is -0.334 e. The standard InChI is InChI=1S/C14H9F2N3O/c15-8-4-3-5-9(16)12(8)19-14(20)13-17-10-6-1-2-7-11(10)18-13/h1-7H,(H,17,18)(H,19,20). The molecule has 1 amide bonds. The van der Waals surface area contributed by atoms with E-state index >= 15 is 0 Å². The number of anilines is 1. The Labute approximate surface area is 112 Å². The fraction of sp³-hybridized carbons (Fsp3) is 0. The van der Waals surface area contributed by atoms with Crippen molar-refractivity contribution in [2.24, 2.45) is 0 Å². The van der Waals surface area contributed by atoms with Crippen LogP contribution < -0.4 is 5.32 Å². The number of carbonyl (C=O) groups is 1. The Morgan fingerprint density at radius 1 is 1.05 bits per heavy atom. The van der Waals surface area contributed by atoms with Crippen LogP contribution in [0.1, 0.15) is 10.6 Å². The van der Waals surface area contributed by atoms with Gasteiger partial charge in [0.25, 0.3) is 5.91 Å². The number of rotatable bonds is 2. The normalized spacial score (nSPS) is 10.7. The summed E-state index contributed by atoms with van der Waals surface area (Å²) in [5.41, 5.74) is 0.788. The first kappa shape index (κ1) is 12.3. The summed E-state index contributed by atoms with van der Waals surface area (Å²) in [5, 5.41) is 2.17. The lowest BCUT2D eigenvalue weighted by atomic mass is 10.3. The Morgan fingerprint density at radius 3 is 2.45 bits per heavy atom. The molecule has 0 radical (unpaired) electrons. The van der Waals surface area contributed by atoms with E-state index in [1.54, 1.807) is 24.3 Å². The number of benzene rings is 2. The van der Waals surface area contributed by atoms with E-state index in [9.17, 15) is 13.6 Å². The predicted molar refractivity (Wildman–Crippen MR) is 70.4 cm³/mol. The van der Waals surface area contributed by atoms with Crippen molar-refractivity contribution in [3.05, 3.63) is 59.9 Å². The third-order valence-corrected chi connectivity index (χ3v) is 2.81. The number of hydrogen-bond acceptors (Lipinski definition) is 2. The highest BCUT2D eigenvalue weighted by Gasteiger charge is 2.16. The monoisotopic (exact) mass is 273 g/mol. The maximum atomic E-state index is 13.4. The second-order valence-corrected chi connectivity index (χ2v) is 4.15. The molecule has 4 nitrogen and oxygen atoms in total. The molecule has 1 aromatic heterocycles. The number of halogens is 2. The van der Waals surface area contributed by atoms with Gasteiger partial charge in [0.15, 0.2) is 5.82 Å². The summed E-state index contributed by atoms with van der Waals surface area (Å²) in [7, 11) is 0. The largest absolute Gasteiger partial charge is 0.334 e. The van der Waals surface area contributed by atoms with Gasteiger partial charge < -0.3 is 10.3 Å². The van der Waals surface area contributed by atoms with E-state index in [2.05, 4.69) is 15.3 Å². The first-order valence-electron chi connectivity index (χ1n) is 5.85. The van der Waals surface area contributed by atoms with Crippen LogP contribution in [-0.2, 0) is 0 Å². The van der Waals surface area contributed by atoms with Gasteiger partial charge in [0.05, 0.1) is 11.0 Å². The Kier molecular flexibility index (Phi) is 2.90. The molecular weight excluding hydrogens is 264 g/mol. The number of H-pyrrole nitrogens is 1. The quantitative estimate of drug-likeness (QED) is 0.753. The van der Waals surface area contributed by atoms with E-state index in [0.29, 0.717) is 11.0 Å². The number of nitrogens with one attached hydrogen (secondary N) is 2. The number of nitrogens with zero attached hydrogens (tertiary/aromatic N) is 1. The average molecular weight is 273 g/mol. The highest BCUT2D eigenvalue weighted by atomic mass is 19.1. The first-order chi connectivity index (χ1) is 9.65. The summed E-state index contributed by atoms with van der Waals surface area (Å²) >= 11 is 0. The van der Waals surface area contributed by atoms with Gasteiger partial charge in [-0.25, -0.2) is 13.8 Å². The van der Waals surface area contributed by atoms with Crippen molar-refractivity contribution in [2.75, 3.05) is 5.32 Å². The van der Waals surface area contributed by atoms with Crippen molar-refractivity contribution < 1.29 is 13.6 Å². The van der Waals surface area contributed by atoms with Gasteiger partial charge in [-0.1, -0.05) is 18.2 Å². The van der Waals surface area contributed by atoms with E-state index < -0.39 is 23.2 Å². The number of carbonyl (C=O) groups excluding carboxylic acids is 1. The van der Waals surface area contributed by atoms with Crippen molar-refractivity contribution >= 4 is 22.6 Å². The molecular formula is C14H9F2N3O. The SMILES string of the molecule is O=C(Nc1c(F)cccc1F)c1nc2ccccc2[nH]1. The molecule has 0 unspecified atom stereocenters. The number of hydrogen-bond donors (Lipinski definition) is 2. The molecule has 1 heterocycles. The molecule has 20 heavy (non-hydrogen) atoms. The van der Waals surface area contributed by atoms with Gasteiger partial charge >= 0.3 is 0 Å². The van der Waals surface area contributed by atoms with Crippen LogP contribution in [-0.4, -0.2) is 15.9 Å². The molecule has 0 saturated heterocycles. The van der Waals surface area contributed by atoms with Crippen LogP contribution in [0.4, 0.5) is 14.5 Å². The van der Waals surface area contributed by atoms with Crippen molar-refractivity contribution in [2.45, 2.75) is 0 Å². The molecule has 3 aromatic rings. The van der Waals surface area contributed by atoms with Crippen LogP contribution in [0.3, 0.4) is 0 Å². The minimum atomic E-state index is -0.838. The van der Waals surface area contributed by atoms with E-state index in [1.807, 2.05) is 0 Å². The van der Waals surface area contributed by atoms with Crippen molar-refractivity contribution in [1.29, 1.82) is 0 Å². The number of amides is 1. The van der Waals surface area contributed by atoms with Crippen molar-refractivity contribution in [3.8, 4) is 0 Å². The zero-order valence-electron chi connectivity index (χ0n) is 10.2.